The number of benzene rings is 13. The maximum absolute atomic E-state index is 12.5. The van der Waals surface area contributed by atoms with E-state index >= 15 is 0 Å². The van der Waals surface area contributed by atoms with E-state index in [1.165, 1.54) is 18.2 Å². The van der Waals surface area contributed by atoms with E-state index in [-0.39, 0.29) is 84.0 Å². The molecule has 433 valence electrons. The standard InChI is InChI=1S/3C23H16O2.C12H8N2.Eu/c3*24-22(20-11-9-16-5-1-3-7-18(16)13-20)15-23(25)21-12-10-17-6-2-4-8-19(17)14-21;1-3-9-5-6-10-4-2-8-14-12(10)11(9)13-7-1;/h3*1-15,24H;1-8H;/b3*22-15+;;. The Morgan fingerprint density at radius 2 is 0.422 bits per heavy atom. The Hall–Kier alpha value is -10.5. The zero-order chi connectivity index (χ0) is 61.1. The molecule has 9 heteroatoms. The molecule has 0 unspecified atom stereocenters. The predicted molar refractivity (Wildman–Crippen MR) is 366 cm³/mol. The van der Waals surface area contributed by atoms with Crippen LogP contribution in [0.1, 0.15) is 47.8 Å². The molecule has 0 bridgehead atoms. The molecule has 0 saturated heterocycles. The number of aromatic nitrogens is 2. The van der Waals surface area contributed by atoms with E-state index in [1.807, 2.05) is 249 Å². The Balaban J connectivity index is 0.000000125. The number of allylic oxidation sites excluding steroid dienone is 3. The first-order valence-electron chi connectivity index (χ1n) is 28.9. The molecule has 0 fully saturated rings. The van der Waals surface area contributed by atoms with Gasteiger partial charge in [-0.15, -0.1) is 0 Å². The van der Waals surface area contributed by atoms with E-state index in [2.05, 4.69) is 34.2 Å². The van der Waals surface area contributed by atoms with Crippen LogP contribution in [0.25, 0.3) is 104 Å². The minimum absolute atomic E-state index is 0. The number of ketones is 3. The molecular formula is C81H56EuN2O6. The summed E-state index contributed by atoms with van der Waals surface area (Å²) in [6, 6.07) is 93.2. The minimum Gasteiger partial charge on any atom is -0.507 e. The Kier molecular flexibility index (Phi) is 19.4. The van der Waals surface area contributed by atoms with Gasteiger partial charge in [0.25, 0.3) is 0 Å². The Labute approximate surface area is 560 Å². The largest absolute Gasteiger partial charge is 0.507 e. The van der Waals surface area contributed by atoms with Gasteiger partial charge in [-0.05, 0) is 113 Å². The Bertz CT molecular complexity index is 4800. The van der Waals surface area contributed by atoms with Gasteiger partial charge in [-0.2, -0.15) is 0 Å². The van der Waals surface area contributed by atoms with Crippen LogP contribution in [0.3, 0.4) is 0 Å². The van der Waals surface area contributed by atoms with Gasteiger partial charge in [-0.3, -0.25) is 24.4 Å². The fourth-order valence-electron chi connectivity index (χ4n) is 10.6. The molecule has 13 aromatic carbocycles. The first-order chi connectivity index (χ1) is 43.6. The van der Waals surface area contributed by atoms with Crippen molar-refractivity contribution in [2.45, 2.75) is 0 Å². The van der Waals surface area contributed by atoms with Crippen LogP contribution < -0.4 is 0 Å². The van der Waals surface area contributed by atoms with E-state index < -0.39 is 0 Å². The van der Waals surface area contributed by atoms with Gasteiger partial charge in [-0.25, -0.2) is 0 Å². The van der Waals surface area contributed by atoms with Crippen LogP contribution in [0.2, 0.25) is 0 Å². The Morgan fingerprint density at radius 1 is 0.233 bits per heavy atom. The van der Waals surface area contributed by atoms with Crippen molar-refractivity contribution in [3.8, 4) is 0 Å². The van der Waals surface area contributed by atoms with Crippen LogP contribution in [-0.2, 0) is 0 Å². The molecule has 15 rings (SSSR count). The number of rotatable bonds is 9. The van der Waals surface area contributed by atoms with Crippen molar-refractivity contribution < 1.29 is 79.1 Å². The summed E-state index contributed by atoms with van der Waals surface area (Å²) in [6.45, 7) is 0. The summed E-state index contributed by atoms with van der Waals surface area (Å²) in [4.78, 5) is 46.2. The molecule has 0 aliphatic heterocycles. The van der Waals surface area contributed by atoms with Crippen LogP contribution in [0.5, 0.6) is 0 Å². The van der Waals surface area contributed by atoms with Crippen LogP contribution in [0, 0.1) is 49.4 Å². The number of pyridine rings is 2. The topological polar surface area (TPSA) is 138 Å². The fourth-order valence-corrected chi connectivity index (χ4v) is 10.6. The second-order valence-electron chi connectivity index (χ2n) is 21.3. The molecule has 0 saturated carbocycles. The van der Waals surface area contributed by atoms with Crippen molar-refractivity contribution in [3.63, 3.8) is 0 Å². The zero-order valence-corrected chi connectivity index (χ0v) is 50.9. The molecule has 1 radical (unpaired) electrons. The number of aliphatic hydroxyl groups excluding tert-OH is 3. The van der Waals surface area contributed by atoms with Gasteiger partial charge < -0.3 is 15.3 Å². The summed E-state index contributed by atoms with van der Waals surface area (Å²) >= 11 is 0. The van der Waals surface area contributed by atoms with Crippen LogP contribution in [-0.4, -0.2) is 42.6 Å². The van der Waals surface area contributed by atoms with Crippen LogP contribution in [0.15, 0.2) is 322 Å². The van der Waals surface area contributed by atoms with Crippen molar-refractivity contribution in [2.24, 2.45) is 0 Å². The summed E-state index contributed by atoms with van der Waals surface area (Å²) in [7, 11) is 0. The van der Waals surface area contributed by atoms with Gasteiger partial charge in [-0.1, -0.05) is 243 Å². The zero-order valence-electron chi connectivity index (χ0n) is 48.4. The maximum atomic E-state index is 12.5. The molecule has 0 amide bonds. The second-order valence-corrected chi connectivity index (χ2v) is 21.3. The van der Waals surface area contributed by atoms with E-state index in [4.69, 9.17) is 0 Å². The van der Waals surface area contributed by atoms with E-state index in [0.717, 1.165) is 86.4 Å². The minimum atomic E-state index is -0.212. The summed E-state index contributed by atoms with van der Waals surface area (Å²) < 4.78 is 0. The number of nitrogens with zero attached hydrogens (tertiary/aromatic N) is 2. The normalized spacial score (nSPS) is 11.5. The number of carbonyl (C=O) groups is 3. The predicted octanol–water partition coefficient (Wildman–Crippen LogP) is 20.1. The van der Waals surface area contributed by atoms with Crippen molar-refractivity contribution in [1.82, 2.24) is 9.97 Å². The number of carbonyl (C=O) groups excluding carboxylic acids is 3. The van der Waals surface area contributed by atoms with Gasteiger partial charge in [0.1, 0.15) is 17.3 Å². The number of fused-ring (bicyclic) bond motifs is 9. The maximum Gasteiger partial charge on any atom is 0.189 e. The molecule has 3 N–H and O–H groups in total. The van der Waals surface area contributed by atoms with Crippen LogP contribution in [0.4, 0.5) is 0 Å². The SMILES string of the molecule is O=C(/C=C(/O)c1ccc2ccccc2c1)c1ccc2ccccc2c1.O=C(/C=C(/O)c1ccc2ccccc2c1)c1ccc2ccccc2c1.O=C(/C=C(/O)c1ccc2ccccc2c1)c1ccc2ccccc2c1.[Eu].c1cnc2c(c1)ccc1cccnc12. The van der Waals surface area contributed by atoms with Gasteiger partial charge in [0, 0.05) is 124 Å². The molecule has 90 heavy (non-hydrogen) atoms. The average Bonchev–Trinajstić information content (AvgIpc) is 3.12. The van der Waals surface area contributed by atoms with Gasteiger partial charge in [0.2, 0.25) is 0 Å². The third-order valence-corrected chi connectivity index (χ3v) is 15.4. The van der Waals surface area contributed by atoms with E-state index in [1.54, 1.807) is 30.6 Å². The second kappa shape index (κ2) is 28.5. The smallest absolute Gasteiger partial charge is 0.189 e. The number of aliphatic hydroxyl groups is 3. The van der Waals surface area contributed by atoms with Crippen molar-refractivity contribution in [3.05, 3.63) is 355 Å². The van der Waals surface area contributed by atoms with Crippen molar-refractivity contribution >= 4 is 121 Å². The molecule has 0 atom stereocenters. The third kappa shape index (κ3) is 14.5. The quantitative estimate of drug-likeness (QED) is 0.0562. The van der Waals surface area contributed by atoms with Crippen molar-refractivity contribution in [1.29, 1.82) is 0 Å². The third-order valence-electron chi connectivity index (χ3n) is 15.4. The average molecular weight is 1310 g/mol. The number of hydrogen-bond acceptors (Lipinski definition) is 8. The van der Waals surface area contributed by atoms with Crippen molar-refractivity contribution in [2.75, 3.05) is 0 Å². The van der Waals surface area contributed by atoms with E-state index in [9.17, 15) is 29.7 Å². The molecule has 15 aromatic rings. The molecule has 8 nitrogen and oxygen atoms in total. The first-order valence-corrected chi connectivity index (χ1v) is 28.9. The molecule has 2 aromatic heterocycles. The van der Waals surface area contributed by atoms with Gasteiger partial charge in [0.05, 0.1) is 11.0 Å². The summed E-state index contributed by atoms with van der Waals surface area (Å²) in [5.74, 6) is -0.707. The molecule has 0 aliphatic carbocycles. The molecule has 0 spiro atoms. The summed E-state index contributed by atoms with van der Waals surface area (Å²) in [5, 5.41) is 46.0. The molecular weight excluding hydrogens is 1250 g/mol. The monoisotopic (exact) mass is 1310 g/mol. The first kappa shape index (κ1) is 61.1. The molecule has 0 aliphatic rings. The number of hydrogen-bond donors (Lipinski definition) is 3. The fraction of sp³-hybridized carbons (Fsp3) is 0. The van der Waals surface area contributed by atoms with E-state index in [0.29, 0.717) is 33.4 Å². The Morgan fingerprint density at radius 3 is 0.667 bits per heavy atom. The van der Waals surface area contributed by atoms with Gasteiger partial charge in [0.15, 0.2) is 17.3 Å². The summed E-state index contributed by atoms with van der Waals surface area (Å²) in [6.07, 6.45) is 7.46. The summed E-state index contributed by atoms with van der Waals surface area (Å²) in [5.41, 5.74) is 5.54. The molecule has 2 heterocycles. The van der Waals surface area contributed by atoms with Crippen LogP contribution >= 0.6 is 0 Å². The van der Waals surface area contributed by atoms with Gasteiger partial charge >= 0.3 is 0 Å².